The van der Waals surface area contributed by atoms with Crippen molar-refractivity contribution in [3.63, 3.8) is 0 Å². The molecule has 4 rings (SSSR count). The highest BCUT2D eigenvalue weighted by molar-refractivity contribution is 6.08. The van der Waals surface area contributed by atoms with Crippen molar-refractivity contribution in [1.82, 2.24) is 14.5 Å². The van der Waals surface area contributed by atoms with Gasteiger partial charge in [0.05, 0.1) is 23.8 Å². The molecule has 0 aliphatic rings. The largest absolute Gasteiger partial charge is 0.497 e. The summed E-state index contributed by atoms with van der Waals surface area (Å²) in [6.45, 7) is 7.16. The Morgan fingerprint density at radius 1 is 1.03 bits per heavy atom. The Balaban J connectivity index is 1.77. The topological polar surface area (TPSA) is 92.5 Å². The normalized spacial score (nSPS) is 11.0. The molecule has 0 saturated carbocycles. The zero-order chi connectivity index (χ0) is 27.3. The zero-order valence-corrected chi connectivity index (χ0v) is 22.1. The lowest BCUT2D eigenvalue weighted by atomic mass is 10.1. The molecular weight excluding hydrogens is 482 g/mol. The second-order valence-corrected chi connectivity index (χ2v) is 9.69. The van der Waals surface area contributed by atoms with Gasteiger partial charge in [-0.15, -0.1) is 0 Å². The van der Waals surface area contributed by atoms with Crippen molar-refractivity contribution in [3.8, 4) is 23.3 Å². The average Bonchev–Trinajstić information content (AvgIpc) is 3.22. The Hall–Kier alpha value is -4.64. The van der Waals surface area contributed by atoms with Crippen LogP contribution in [0.2, 0.25) is 0 Å². The van der Waals surface area contributed by atoms with Crippen LogP contribution < -0.4 is 9.47 Å². The number of ether oxygens (including phenoxy) is 3. The predicted octanol–water partition coefficient (Wildman–Crippen LogP) is 4.96. The summed E-state index contributed by atoms with van der Waals surface area (Å²) in [5.41, 5.74) is 2.70. The standard InChI is InChI=1S/C30H29N3O5/c1-20(34)26-16-33(17-29(35)38-30(2,3)4)27-13-28(37-18-21-7-10-24(36-5)11-8-21)23(12-25(26)27)9-6-22-14-31-19-32-15-22/h7-8,10-16,19H,17-18H2,1-5H3. The molecule has 0 bridgehead atoms. The minimum atomic E-state index is -0.625. The van der Waals surface area contributed by atoms with Crippen LogP contribution in [0.1, 0.15) is 54.7 Å². The van der Waals surface area contributed by atoms with E-state index in [1.807, 2.05) is 51.1 Å². The van der Waals surface area contributed by atoms with Crippen molar-refractivity contribution >= 4 is 22.7 Å². The first-order valence-corrected chi connectivity index (χ1v) is 12.1. The van der Waals surface area contributed by atoms with Gasteiger partial charge in [-0.1, -0.05) is 24.0 Å². The van der Waals surface area contributed by atoms with Gasteiger partial charge in [0, 0.05) is 35.6 Å². The maximum absolute atomic E-state index is 12.6. The summed E-state index contributed by atoms with van der Waals surface area (Å²) in [6, 6.07) is 11.2. The smallest absolute Gasteiger partial charge is 0.326 e. The van der Waals surface area contributed by atoms with Crippen LogP contribution in [0.5, 0.6) is 11.5 Å². The lowest BCUT2D eigenvalue weighted by molar-refractivity contribution is -0.155. The van der Waals surface area contributed by atoms with Crippen LogP contribution in [0.4, 0.5) is 0 Å². The number of carbonyl (C=O) groups excluding carboxylic acids is 2. The third-order valence-corrected chi connectivity index (χ3v) is 5.54. The van der Waals surface area contributed by atoms with Gasteiger partial charge in [-0.3, -0.25) is 9.59 Å². The third kappa shape index (κ3) is 6.56. The Morgan fingerprint density at radius 3 is 2.37 bits per heavy atom. The Kier molecular flexibility index (Phi) is 7.77. The molecule has 0 N–H and O–H groups in total. The molecule has 0 amide bonds. The molecule has 4 aromatic rings. The minimum Gasteiger partial charge on any atom is -0.497 e. The molecule has 38 heavy (non-hydrogen) atoms. The van der Waals surface area contributed by atoms with Gasteiger partial charge in [0.15, 0.2) is 5.78 Å². The highest BCUT2D eigenvalue weighted by atomic mass is 16.6. The molecule has 0 aliphatic heterocycles. The summed E-state index contributed by atoms with van der Waals surface area (Å²) in [5.74, 6) is 6.93. The zero-order valence-electron chi connectivity index (χ0n) is 22.1. The van der Waals surface area contributed by atoms with Crippen molar-refractivity contribution in [1.29, 1.82) is 0 Å². The van der Waals surface area contributed by atoms with E-state index >= 15 is 0 Å². The molecule has 0 spiro atoms. The van der Waals surface area contributed by atoms with Gasteiger partial charge in [-0.05, 0) is 51.5 Å². The summed E-state index contributed by atoms with van der Waals surface area (Å²) in [7, 11) is 1.62. The van der Waals surface area contributed by atoms with Gasteiger partial charge in [0.1, 0.15) is 36.6 Å². The lowest BCUT2D eigenvalue weighted by Gasteiger charge is -2.20. The number of nitrogens with zero attached hydrogens (tertiary/aromatic N) is 3. The fourth-order valence-electron chi connectivity index (χ4n) is 3.84. The van der Waals surface area contributed by atoms with E-state index in [2.05, 4.69) is 21.8 Å². The SMILES string of the molecule is COc1ccc(COc2cc3c(cc2C#Cc2cncnc2)c(C(C)=O)cn3CC(=O)OC(C)(C)C)cc1. The highest BCUT2D eigenvalue weighted by Gasteiger charge is 2.20. The van der Waals surface area contributed by atoms with Gasteiger partial charge in [-0.2, -0.15) is 0 Å². The summed E-state index contributed by atoms with van der Waals surface area (Å²) in [4.78, 5) is 33.1. The van der Waals surface area contributed by atoms with Gasteiger partial charge in [-0.25, -0.2) is 9.97 Å². The van der Waals surface area contributed by atoms with Crippen LogP contribution in [0.3, 0.4) is 0 Å². The quantitative estimate of drug-likeness (QED) is 0.197. The molecule has 8 heteroatoms. The summed E-state index contributed by atoms with van der Waals surface area (Å²) in [6.07, 6.45) is 6.35. The molecule has 0 saturated heterocycles. The van der Waals surface area contributed by atoms with Crippen molar-refractivity contribution in [2.24, 2.45) is 0 Å². The van der Waals surface area contributed by atoms with Crippen molar-refractivity contribution in [2.45, 2.75) is 46.4 Å². The number of Topliss-reactive ketones (excluding diaryl/α,β-unsaturated/α-hetero) is 1. The monoisotopic (exact) mass is 511 g/mol. The molecule has 0 atom stereocenters. The number of hydrogen-bond acceptors (Lipinski definition) is 7. The Labute approximate surface area is 221 Å². The number of carbonyl (C=O) groups is 2. The number of rotatable bonds is 7. The van der Waals surface area contributed by atoms with Crippen molar-refractivity contribution < 1.29 is 23.8 Å². The fraction of sp³-hybridized carbons (Fsp3) is 0.267. The fourth-order valence-corrected chi connectivity index (χ4v) is 3.84. The Bertz CT molecular complexity index is 1520. The van der Waals surface area contributed by atoms with Crippen LogP contribution in [0, 0.1) is 11.8 Å². The first kappa shape index (κ1) is 26.4. The van der Waals surface area contributed by atoms with Crippen LogP contribution >= 0.6 is 0 Å². The number of aromatic nitrogens is 3. The summed E-state index contributed by atoms with van der Waals surface area (Å²) in [5, 5.41) is 0.673. The third-order valence-electron chi connectivity index (χ3n) is 5.54. The summed E-state index contributed by atoms with van der Waals surface area (Å²) < 4.78 is 18.7. The molecule has 0 fully saturated rings. The van der Waals surface area contributed by atoms with Crippen LogP contribution in [0.15, 0.2) is 61.3 Å². The van der Waals surface area contributed by atoms with Gasteiger partial charge < -0.3 is 18.8 Å². The predicted molar refractivity (Wildman–Crippen MR) is 143 cm³/mol. The van der Waals surface area contributed by atoms with Crippen LogP contribution in [-0.2, 0) is 22.7 Å². The molecule has 2 aromatic heterocycles. The first-order valence-electron chi connectivity index (χ1n) is 12.1. The highest BCUT2D eigenvalue weighted by Crippen LogP contribution is 2.31. The Morgan fingerprint density at radius 2 is 1.74 bits per heavy atom. The van der Waals surface area contributed by atoms with Crippen LogP contribution in [0.25, 0.3) is 10.9 Å². The number of hydrogen-bond donors (Lipinski definition) is 0. The number of methoxy groups -OCH3 is 1. The number of esters is 1. The van der Waals surface area contributed by atoms with Gasteiger partial charge in [0.2, 0.25) is 0 Å². The maximum atomic E-state index is 12.6. The molecule has 2 heterocycles. The number of ketones is 1. The average molecular weight is 512 g/mol. The number of benzene rings is 2. The van der Waals surface area contributed by atoms with E-state index in [-0.39, 0.29) is 18.9 Å². The molecule has 0 radical (unpaired) electrons. The molecule has 194 valence electrons. The minimum absolute atomic E-state index is 0.0502. The molecular formula is C30H29N3O5. The van der Waals surface area contributed by atoms with E-state index in [1.165, 1.54) is 13.3 Å². The first-order chi connectivity index (χ1) is 18.1. The molecule has 8 nitrogen and oxygen atoms in total. The van der Waals surface area contributed by atoms with Gasteiger partial charge >= 0.3 is 5.97 Å². The van der Waals surface area contributed by atoms with E-state index in [0.29, 0.717) is 33.3 Å². The molecule has 0 aliphatic carbocycles. The van der Waals surface area contributed by atoms with Crippen molar-refractivity contribution in [3.05, 3.63) is 83.6 Å². The van der Waals surface area contributed by atoms with Crippen LogP contribution in [-0.4, -0.2) is 39.0 Å². The lowest BCUT2D eigenvalue weighted by Crippen LogP contribution is -2.26. The van der Waals surface area contributed by atoms with Crippen molar-refractivity contribution in [2.75, 3.05) is 7.11 Å². The molecule has 2 aromatic carbocycles. The van der Waals surface area contributed by atoms with E-state index in [1.54, 1.807) is 36.3 Å². The van der Waals surface area contributed by atoms with Gasteiger partial charge in [0.25, 0.3) is 0 Å². The maximum Gasteiger partial charge on any atom is 0.326 e. The second-order valence-electron chi connectivity index (χ2n) is 9.69. The van der Waals surface area contributed by atoms with E-state index in [9.17, 15) is 9.59 Å². The summed E-state index contributed by atoms with van der Waals surface area (Å²) >= 11 is 0. The van der Waals surface area contributed by atoms with E-state index in [0.717, 1.165) is 11.3 Å². The molecule has 0 unspecified atom stereocenters. The number of fused-ring (bicyclic) bond motifs is 1. The van der Waals surface area contributed by atoms with E-state index in [4.69, 9.17) is 14.2 Å². The van der Waals surface area contributed by atoms with E-state index < -0.39 is 11.6 Å². The second kappa shape index (κ2) is 11.2.